The molecule has 1 N–H and O–H groups in total. The summed E-state index contributed by atoms with van der Waals surface area (Å²) in [6.07, 6.45) is 5.61. The highest BCUT2D eigenvalue weighted by atomic mass is 15.3. The van der Waals surface area contributed by atoms with Crippen LogP contribution >= 0.6 is 0 Å². The smallest absolute Gasteiger partial charge is 0.0309 e. The standard InChI is InChI=1S/C18H36N2/c1-14(2)16-11-19-18(9-7-8-10-18)13-20(16)12-17(5,6)15(3)4/h14-16,19H,7-13H2,1-6H3. The number of nitrogens with one attached hydrogen (secondary N) is 1. The van der Waals surface area contributed by atoms with Gasteiger partial charge in [-0.25, -0.2) is 0 Å². The van der Waals surface area contributed by atoms with Gasteiger partial charge in [0, 0.05) is 31.2 Å². The summed E-state index contributed by atoms with van der Waals surface area (Å²) in [5.41, 5.74) is 0.850. The minimum atomic E-state index is 0.407. The number of hydrogen-bond acceptors (Lipinski definition) is 2. The molecule has 1 aliphatic heterocycles. The van der Waals surface area contributed by atoms with E-state index in [-0.39, 0.29) is 0 Å². The molecule has 2 fully saturated rings. The van der Waals surface area contributed by atoms with Crippen molar-refractivity contribution in [2.75, 3.05) is 19.6 Å². The van der Waals surface area contributed by atoms with Gasteiger partial charge in [-0.15, -0.1) is 0 Å². The molecule has 0 aromatic rings. The summed E-state index contributed by atoms with van der Waals surface area (Å²) in [6.45, 7) is 18.1. The Hall–Kier alpha value is -0.0800. The molecule has 1 unspecified atom stereocenters. The molecule has 0 aromatic heterocycles. The molecule has 0 aromatic carbocycles. The van der Waals surface area contributed by atoms with Crippen molar-refractivity contribution in [3.8, 4) is 0 Å². The third-order valence-corrected chi connectivity index (χ3v) is 6.16. The quantitative estimate of drug-likeness (QED) is 0.840. The Bertz CT molecular complexity index is 311. The van der Waals surface area contributed by atoms with Crippen LogP contribution in [0.1, 0.15) is 67.2 Å². The van der Waals surface area contributed by atoms with E-state index in [0.29, 0.717) is 17.0 Å². The summed E-state index contributed by atoms with van der Waals surface area (Å²) < 4.78 is 0. The van der Waals surface area contributed by atoms with Crippen molar-refractivity contribution in [2.24, 2.45) is 17.3 Å². The molecule has 1 atom stereocenters. The van der Waals surface area contributed by atoms with Crippen molar-refractivity contribution >= 4 is 0 Å². The minimum Gasteiger partial charge on any atom is -0.308 e. The number of hydrogen-bond donors (Lipinski definition) is 1. The Labute approximate surface area is 126 Å². The van der Waals surface area contributed by atoms with E-state index >= 15 is 0 Å². The molecule has 0 amide bonds. The summed E-state index contributed by atoms with van der Waals surface area (Å²) in [6, 6.07) is 0.708. The highest BCUT2D eigenvalue weighted by Gasteiger charge is 2.43. The molecule has 118 valence electrons. The van der Waals surface area contributed by atoms with E-state index < -0.39 is 0 Å². The van der Waals surface area contributed by atoms with E-state index in [1.165, 1.54) is 45.3 Å². The van der Waals surface area contributed by atoms with E-state index in [4.69, 9.17) is 0 Å². The van der Waals surface area contributed by atoms with Crippen molar-refractivity contribution in [2.45, 2.75) is 78.8 Å². The molecule has 0 bridgehead atoms. The van der Waals surface area contributed by atoms with Crippen molar-refractivity contribution in [1.82, 2.24) is 10.2 Å². The first-order valence-electron chi connectivity index (χ1n) is 8.75. The highest BCUT2D eigenvalue weighted by molar-refractivity contribution is 5.02. The normalized spacial score (nSPS) is 27.9. The van der Waals surface area contributed by atoms with Gasteiger partial charge in [-0.05, 0) is 30.1 Å². The third kappa shape index (κ3) is 3.39. The summed E-state index contributed by atoms with van der Waals surface area (Å²) in [5, 5.41) is 3.93. The lowest BCUT2D eigenvalue weighted by Crippen LogP contribution is -2.65. The van der Waals surface area contributed by atoms with E-state index in [1.54, 1.807) is 0 Å². The zero-order chi connectivity index (χ0) is 15.0. The van der Waals surface area contributed by atoms with Crippen LogP contribution in [-0.2, 0) is 0 Å². The Morgan fingerprint density at radius 1 is 1.15 bits per heavy atom. The topological polar surface area (TPSA) is 15.3 Å². The van der Waals surface area contributed by atoms with Crippen molar-refractivity contribution in [3.05, 3.63) is 0 Å². The lowest BCUT2D eigenvalue weighted by atomic mass is 9.79. The molecule has 1 spiro atoms. The molecule has 0 radical (unpaired) electrons. The SMILES string of the molecule is CC(C)C1CNC2(CCCC2)CN1CC(C)(C)C(C)C. The van der Waals surface area contributed by atoms with Crippen molar-refractivity contribution in [1.29, 1.82) is 0 Å². The summed E-state index contributed by atoms with van der Waals surface area (Å²) in [5.74, 6) is 1.48. The monoisotopic (exact) mass is 280 g/mol. The molecule has 20 heavy (non-hydrogen) atoms. The first-order chi connectivity index (χ1) is 9.26. The molecule has 1 saturated carbocycles. The summed E-state index contributed by atoms with van der Waals surface area (Å²) in [7, 11) is 0. The third-order valence-electron chi connectivity index (χ3n) is 6.16. The Morgan fingerprint density at radius 3 is 2.25 bits per heavy atom. The molecule has 1 heterocycles. The van der Waals surface area contributed by atoms with Gasteiger partial charge >= 0.3 is 0 Å². The minimum absolute atomic E-state index is 0.407. The molecule has 2 heteroatoms. The predicted molar refractivity (Wildman–Crippen MR) is 88.0 cm³/mol. The van der Waals surface area contributed by atoms with Crippen LogP contribution in [0.3, 0.4) is 0 Å². The average Bonchev–Trinajstić information content (AvgIpc) is 2.76. The fourth-order valence-electron chi connectivity index (χ4n) is 3.94. The van der Waals surface area contributed by atoms with Gasteiger partial charge in [0.25, 0.3) is 0 Å². The Balaban J connectivity index is 2.11. The van der Waals surface area contributed by atoms with E-state index in [0.717, 1.165) is 11.8 Å². The molecule has 2 rings (SSSR count). The van der Waals surface area contributed by atoms with Gasteiger partial charge in [0.2, 0.25) is 0 Å². The second kappa shape index (κ2) is 5.96. The van der Waals surface area contributed by atoms with Crippen LogP contribution in [0.2, 0.25) is 0 Å². The Morgan fingerprint density at radius 2 is 1.75 bits per heavy atom. The average molecular weight is 280 g/mol. The highest BCUT2D eigenvalue weighted by Crippen LogP contribution is 2.36. The van der Waals surface area contributed by atoms with Crippen LogP contribution in [0.15, 0.2) is 0 Å². The lowest BCUT2D eigenvalue weighted by Gasteiger charge is -2.50. The predicted octanol–water partition coefficient (Wildman–Crippen LogP) is 3.91. The van der Waals surface area contributed by atoms with Crippen LogP contribution in [0, 0.1) is 17.3 Å². The van der Waals surface area contributed by atoms with Gasteiger partial charge < -0.3 is 5.32 Å². The van der Waals surface area contributed by atoms with E-state index in [9.17, 15) is 0 Å². The maximum absolute atomic E-state index is 3.93. The van der Waals surface area contributed by atoms with Crippen molar-refractivity contribution < 1.29 is 0 Å². The number of nitrogens with zero attached hydrogens (tertiary/aromatic N) is 1. The van der Waals surface area contributed by atoms with E-state index in [1.807, 2.05) is 0 Å². The largest absolute Gasteiger partial charge is 0.308 e. The van der Waals surface area contributed by atoms with Crippen LogP contribution in [0.4, 0.5) is 0 Å². The summed E-state index contributed by atoms with van der Waals surface area (Å²) in [4.78, 5) is 2.83. The zero-order valence-corrected chi connectivity index (χ0v) is 14.6. The number of piperazine rings is 1. The second-order valence-electron chi connectivity index (χ2n) is 8.73. The molecular weight excluding hydrogens is 244 g/mol. The van der Waals surface area contributed by atoms with Gasteiger partial charge in [0.05, 0.1) is 0 Å². The maximum Gasteiger partial charge on any atom is 0.0309 e. The fraction of sp³-hybridized carbons (Fsp3) is 1.00. The first-order valence-corrected chi connectivity index (χ1v) is 8.75. The second-order valence-corrected chi connectivity index (χ2v) is 8.73. The van der Waals surface area contributed by atoms with Gasteiger partial charge in [-0.2, -0.15) is 0 Å². The summed E-state index contributed by atoms with van der Waals surface area (Å²) >= 11 is 0. The number of rotatable bonds is 4. The zero-order valence-electron chi connectivity index (χ0n) is 14.6. The maximum atomic E-state index is 3.93. The van der Waals surface area contributed by atoms with Crippen LogP contribution in [-0.4, -0.2) is 36.1 Å². The van der Waals surface area contributed by atoms with Gasteiger partial charge in [-0.3, -0.25) is 4.90 Å². The molecular formula is C18H36N2. The van der Waals surface area contributed by atoms with Crippen LogP contribution < -0.4 is 5.32 Å². The molecule has 2 aliphatic rings. The Kier molecular flexibility index (Phi) is 4.86. The van der Waals surface area contributed by atoms with Gasteiger partial charge in [0.15, 0.2) is 0 Å². The van der Waals surface area contributed by atoms with Crippen molar-refractivity contribution in [3.63, 3.8) is 0 Å². The molecule has 1 aliphatic carbocycles. The first kappa shape index (κ1) is 16.3. The molecule has 2 nitrogen and oxygen atoms in total. The van der Waals surface area contributed by atoms with E-state index in [2.05, 4.69) is 51.8 Å². The van der Waals surface area contributed by atoms with Gasteiger partial charge in [-0.1, -0.05) is 54.4 Å². The molecule has 1 saturated heterocycles. The van der Waals surface area contributed by atoms with Crippen LogP contribution in [0.25, 0.3) is 0 Å². The lowest BCUT2D eigenvalue weighted by molar-refractivity contribution is 0.0166. The van der Waals surface area contributed by atoms with Gasteiger partial charge in [0.1, 0.15) is 0 Å². The fourth-order valence-corrected chi connectivity index (χ4v) is 3.94. The van der Waals surface area contributed by atoms with Crippen LogP contribution in [0.5, 0.6) is 0 Å².